The minimum Gasteiger partial charge on any atom is -0.378 e. The van der Waals surface area contributed by atoms with Crippen molar-refractivity contribution >= 4 is 21.7 Å². The first kappa shape index (κ1) is 22.6. The predicted octanol–water partition coefficient (Wildman–Crippen LogP) is 3.27. The second-order valence-electron chi connectivity index (χ2n) is 6.94. The Hall–Kier alpha value is -3.11. The summed E-state index contributed by atoms with van der Waals surface area (Å²) in [7, 11) is -0.348. The Kier molecular flexibility index (Phi) is 7.13. The number of sulfonamides is 1. The van der Waals surface area contributed by atoms with Crippen molar-refractivity contribution in [1.29, 1.82) is 0 Å². The van der Waals surface area contributed by atoms with Crippen molar-refractivity contribution in [3.63, 3.8) is 0 Å². The molecule has 0 fully saturated rings. The Bertz CT molecular complexity index is 1120. The minimum absolute atomic E-state index is 0.00516. The molecular weight excluding hydrogens is 424 g/mol. The van der Waals surface area contributed by atoms with E-state index < -0.39 is 26.6 Å². The number of aromatic nitrogens is 2. The molecule has 0 saturated carbocycles. The van der Waals surface area contributed by atoms with Crippen molar-refractivity contribution in [2.45, 2.75) is 11.3 Å². The fourth-order valence-electron chi connectivity index (χ4n) is 2.84. The van der Waals surface area contributed by atoms with Gasteiger partial charge in [-0.25, -0.2) is 31.9 Å². The van der Waals surface area contributed by atoms with Gasteiger partial charge in [-0.05, 0) is 36.8 Å². The van der Waals surface area contributed by atoms with Crippen LogP contribution in [-0.4, -0.2) is 45.6 Å². The summed E-state index contributed by atoms with van der Waals surface area (Å²) in [6.45, 7) is 0.361. The van der Waals surface area contributed by atoms with Gasteiger partial charge in [0.05, 0.1) is 5.69 Å². The first-order chi connectivity index (χ1) is 14.8. The average molecular weight is 448 g/mol. The fraction of sp³-hybridized carbons (Fsp3) is 0.238. The predicted molar refractivity (Wildman–Crippen MR) is 116 cm³/mol. The van der Waals surface area contributed by atoms with Gasteiger partial charge in [-0.2, -0.15) is 0 Å². The van der Waals surface area contributed by atoms with E-state index >= 15 is 0 Å². The molecule has 7 nitrogen and oxygen atoms in total. The molecule has 3 aromatic rings. The topological polar surface area (TPSA) is 87.2 Å². The molecule has 2 aromatic carbocycles. The lowest BCUT2D eigenvalue weighted by Gasteiger charge is -2.13. The summed E-state index contributed by atoms with van der Waals surface area (Å²) in [5.74, 6) is -1.86. The number of hydrogen-bond acceptors (Lipinski definition) is 6. The van der Waals surface area contributed by atoms with E-state index in [2.05, 4.69) is 20.0 Å². The van der Waals surface area contributed by atoms with Crippen molar-refractivity contribution in [3.05, 3.63) is 66.4 Å². The van der Waals surface area contributed by atoms with Crippen LogP contribution in [0.25, 0.3) is 11.3 Å². The number of hydrogen-bond donors (Lipinski definition) is 2. The largest absolute Gasteiger partial charge is 0.378 e. The molecule has 1 aromatic heterocycles. The van der Waals surface area contributed by atoms with Crippen LogP contribution >= 0.6 is 0 Å². The van der Waals surface area contributed by atoms with E-state index in [1.165, 1.54) is 0 Å². The molecule has 0 aliphatic rings. The number of nitrogens with zero attached hydrogens (tertiary/aromatic N) is 3. The highest BCUT2D eigenvalue weighted by molar-refractivity contribution is 7.89. The van der Waals surface area contributed by atoms with Crippen LogP contribution in [0.2, 0.25) is 0 Å². The third-order valence-corrected chi connectivity index (χ3v) is 5.96. The lowest BCUT2D eigenvalue weighted by molar-refractivity contribution is 0.513. The Morgan fingerprint density at radius 1 is 0.968 bits per heavy atom. The summed E-state index contributed by atoms with van der Waals surface area (Å²) in [4.78, 5) is 9.65. The summed E-state index contributed by atoms with van der Waals surface area (Å²) < 4.78 is 53.9. The van der Waals surface area contributed by atoms with Gasteiger partial charge in [0.1, 0.15) is 11.6 Å². The summed E-state index contributed by atoms with van der Waals surface area (Å²) in [5, 5.41) is 3.02. The van der Waals surface area contributed by atoms with E-state index in [0.717, 1.165) is 35.1 Å². The maximum Gasteiger partial charge on any atom is 0.246 e. The number of halogens is 2. The first-order valence-corrected chi connectivity index (χ1v) is 11.0. The van der Waals surface area contributed by atoms with E-state index in [-0.39, 0.29) is 6.54 Å². The summed E-state index contributed by atoms with van der Waals surface area (Å²) in [6.07, 6.45) is 1.99. The molecule has 2 N–H and O–H groups in total. The molecule has 0 unspecified atom stereocenters. The first-order valence-electron chi connectivity index (χ1n) is 9.56. The molecule has 0 bridgehead atoms. The zero-order valence-corrected chi connectivity index (χ0v) is 18.0. The van der Waals surface area contributed by atoms with Crippen LogP contribution in [0.4, 0.5) is 20.4 Å². The number of rotatable bonds is 9. The third-order valence-electron chi connectivity index (χ3n) is 4.45. The molecule has 1 heterocycles. The zero-order chi connectivity index (χ0) is 22.4. The van der Waals surface area contributed by atoms with Gasteiger partial charge < -0.3 is 10.2 Å². The summed E-state index contributed by atoms with van der Waals surface area (Å²) in [5.41, 5.74) is 2.77. The SMILES string of the molecule is CN(C)c1ccc(-c2ccnc(NCCCNS(=O)(=O)c3c(F)cccc3F)n2)cc1. The van der Waals surface area contributed by atoms with Gasteiger partial charge in [0.25, 0.3) is 0 Å². The number of nitrogens with one attached hydrogen (secondary N) is 2. The van der Waals surface area contributed by atoms with Gasteiger partial charge in [-0.3, -0.25) is 0 Å². The Morgan fingerprint density at radius 3 is 2.29 bits per heavy atom. The molecule has 0 spiro atoms. The van der Waals surface area contributed by atoms with Gasteiger partial charge in [0, 0.05) is 44.6 Å². The van der Waals surface area contributed by atoms with Crippen LogP contribution in [0.1, 0.15) is 6.42 Å². The molecule has 0 amide bonds. The second kappa shape index (κ2) is 9.80. The van der Waals surface area contributed by atoms with Crippen LogP contribution in [0.3, 0.4) is 0 Å². The number of anilines is 2. The highest BCUT2D eigenvalue weighted by Crippen LogP contribution is 2.21. The molecule has 31 heavy (non-hydrogen) atoms. The molecule has 0 aliphatic heterocycles. The van der Waals surface area contributed by atoms with E-state index in [1.54, 1.807) is 12.3 Å². The van der Waals surface area contributed by atoms with Gasteiger partial charge in [0.15, 0.2) is 4.90 Å². The van der Waals surface area contributed by atoms with Gasteiger partial charge in [0.2, 0.25) is 16.0 Å². The van der Waals surface area contributed by atoms with Gasteiger partial charge in [-0.15, -0.1) is 0 Å². The molecule has 3 rings (SSSR count). The van der Waals surface area contributed by atoms with Crippen molar-refractivity contribution in [3.8, 4) is 11.3 Å². The molecule has 0 saturated heterocycles. The highest BCUT2D eigenvalue weighted by atomic mass is 32.2. The summed E-state index contributed by atoms with van der Waals surface area (Å²) >= 11 is 0. The quantitative estimate of drug-likeness (QED) is 0.490. The lowest BCUT2D eigenvalue weighted by Crippen LogP contribution is -2.27. The van der Waals surface area contributed by atoms with E-state index in [0.29, 0.717) is 18.9 Å². The Morgan fingerprint density at radius 2 is 1.65 bits per heavy atom. The second-order valence-corrected chi connectivity index (χ2v) is 8.64. The fourth-order valence-corrected chi connectivity index (χ4v) is 4.05. The monoisotopic (exact) mass is 447 g/mol. The van der Waals surface area contributed by atoms with Crippen LogP contribution in [0.5, 0.6) is 0 Å². The summed E-state index contributed by atoms with van der Waals surface area (Å²) in [6, 6.07) is 12.6. The van der Waals surface area contributed by atoms with E-state index in [4.69, 9.17) is 0 Å². The van der Waals surface area contributed by atoms with Gasteiger partial charge >= 0.3 is 0 Å². The standard InChI is InChI=1S/C21H23F2N5O2S/c1-28(2)16-9-7-15(8-10-16)19-11-14-25-21(27-19)24-12-4-13-26-31(29,30)20-17(22)5-3-6-18(20)23/h3,5-11,14,26H,4,12-13H2,1-2H3,(H,24,25,27). The van der Waals surface area contributed by atoms with Crippen LogP contribution in [0.15, 0.2) is 59.6 Å². The van der Waals surface area contributed by atoms with Crippen molar-refractivity contribution in [2.24, 2.45) is 0 Å². The van der Waals surface area contributed by atoms with Crippen LogP contribution in [-0.2, 0) is 10.0 Å². The van der Waals surface area contributed by atoms with E-state index in [1.807, 2.05) is 43.3 Å². The van der Waals surface area contributed by atoms with Crippen LogP contribution in [0, 0.1) is 11.6 Å². The third kappa shape index (κ3) is 5.74. The maximum absolute atomic E-state index is 13.7. The lowest BCUT2D eigenvalue weighted by atomic mass is 10.1. The molecule has 164 valence electrons. The zero-order valence-electron chi connectivity index (χ0n) is 17.1. The minimum atomic E-state index is -4.28. The van der Waals surface area contributed by atoms with Crippen molar-refractivity contribution in [1.82, 2.24) is 14.7 Å². The molecule has 0 aliphatic carbocycles. The number of benzene rings is 2. The Labute approximate surface area is 180 Å². The van der Waals surface area contributed by atoms with Crippen LogP contribution < -0.4 is 14.9 Å². The van der Waals surface area contributed by atoms with Crippen molar-refractivity contribution in [2.75, 3.05) is 37.4 Å². The van der Waals surface area contributed by atoms with Crippen molar-refractivity contribution < 1.29 is 17.2 Å². The molecule has 0 radical (unpaired) electrons. The molecule has 0 atom stereocenters. The smallest absolute Gasteiger partial charge is 0.246 e. The van der Waals surface area contributed by atoms with E-state index in [9.17, 15) is 17.2 Å². The molecule has 10 heteroatoms. The molecular formula is C21H23F2N5O2S. The average Bonchev–Trinajstić information content (AvgIpc) is 2.73. The Balaban J connectivity index is 1.54. The normalized spacial score (nSPS) is 11.4. The highest BCUT2D eigenvalue weighted by Gasteiger charge is 2.23. The maximum atomic E-state index is 13.7. The van der Waals surface area contributed by atoms with Gasteiger partial charge in [-0.1, -0.05) is 18.2 Å².